The van der Waals surface area contributed by atoms with E-state index < -0.39 is 0 Å². The molecule has 0 rings (SSSR count). The summed E-state index contributed by atoms with van der Waals surface area (Å²) in [7, 11) is 0. The van der Waals surface area contributed by atoms with Crippen molar-refractivity contribution in [2.45, 2.75) is 112 Å². The van der Waals surface area contributed by atoms with E-state index in [1.165, 1.54) is 25.7 Å². The molecule has 0 aliphatic heterocycles. The molecule has 1 unspecified atom stereocenters. The van der Waals surface area contributed by atoms with Crippen LogP contribution in [-0.4, -0.2) is 25.2 Å². The molecule has 0 heterocycles. The smallest absolute Gasteiger partial charge is 0.309 e. The number of ether oxygens (including phenoxy) is 2. The summed E-state index contributed by atoms with van der Waals surface area (Å²) < 4.78 is 10.7. The van der Waals surface area contributed by atoms with Gasteiger partial charge in [-0.25, -0.2) is 0 Å². The monoisotopic (exact) mass is 412 g/mol. The van der Waals surface area contributed by atoms with Crippen LogP contribution in [0.5, 0.6) is 0 Å². The van der Waals surface area contributed by atoms with Gasteiger partial charge in [-0.05, 0) is 43.4 Å². The molecule has 0 amide bonds. The van der Waals surface area contributed by atoms with Gasteiger partial charge in [-0.1, -0.05) is 80.1 Å². The maximum atomic E-state index is 12.3. The van der Waals surface area contributed by atoms with Gasteiger partial charge >= 0.3 is 11.9 Å². The molecule has 0 spiro atoms. The van der Waals surface area contributed by atoms with Crippen molar-refractivity contribution in [2.75, 3.05) is 13.2 Å². The van der Waals surface area contributed by atoms with Crippen LogP contribution in [0.3, 0.4) is 0 Å². The molecule has 0 aliphatic rings. The molecule has 0 bridgehead atoms. The first-order chi connectivity index (χ1) is 13.7. The van der Waals surface area contributed by atoms with Gasteiger partial charge in [0, 0.05) is 6.42 Å². The van der Waals surface area contributed by atoms with Gasteiger partial charge in [-0.3, -0.25) is 9.59 Å². The van der Waals surface area contributed by atoms with Crippen molar-refractivity contribution in [3.8, 4) is 0 Å². The zero-order chi connectivity index (χ0) is 22.1. The van der Waals surface area contributed by atoms with Crippen LogP contribution in [0, 0.1) is 23.7 Å². The average Bonchev–Trinajstić information content (AvgIpc) is 2.62. The molecule has 0 aromatic heterocycles. The molecule has 4 heteroatoms. The lowest BCUT2D eigenvalue weighted by atomic mass is 9.90. The highest BCUT2D eigenvalue weighted by molar-refractivity contribution is 5.72. The normalized spacial score (nSPS) is 12.6. The Hall–Kier alpha value is -1.06. The molecule has 4 nitrogen and oxygen atoms in total. The summed E-state index contributed by atoms with van der Waals surface area (Å²) in [5.74, 6) is 1.45. The van der Waals surface area contributed by atoms with Gasteiger partial charge in [-0.2, -0.15) is 0 Å². The molecule has 0 aromatic carbocycles. The zero-order valence-electron chi connectivity index (χ0n) is 20.1. The van der Waals surface area contributed by atoms with Gasteiger partial charge in [0.25, 0.3) is 0 Å². The Morgan fingerprint density at radius 2 is 1.10 bits per heavy atom. The van der Waals surface area contributed by atoms with Gasteiger partial charge in [0.05, 0.1) is 19.1 Å². The fraction of sp³-hybridized carbons (Fsp3) is 0.920. The van der Waals surface area contributed by atoms with E-state index in [4.69, 9.17) is 9.47 Å². The van der Waals surface area contributed by atoms with Gasteiger partial charge in [0.2, 0.25) is 0 Å². The van der Waals surface area contributed by atoms with E-state index in [0.717, 1.165) is 38.5 Å². The molecule has 0 saturated heterocycles. The quantitative estimate of drug-likeness (QED) is 0.180. The molecule has 1 atom stereocenters. The van der Waals surface area contributed by atoms with Crippen molar-refractivity contribution in [2.24, 2.45) is 23.7 Å². The van der Waals surface area contributed by atoms with E-state index in [2.05, 4.69) is 41.5 Å². The minimum absolute atomic E-state index is 0.0130. The number of hydrogen-bond donors (Lipinski definition) is 0. The highest BCUT2D eigenvalue weighted by atomic mass is 16.5. The van der Waals surface area contributed by atoms with Gasteiger partial charge in [0.1, 0.15) is 0 Å². The summed E-state index contributed by atoms with van der Waals surface area (Å²) >= 11 is 0. The van der Waals surface area contributed by atoms with E-state index in [1.54, 1.807) is 0 Å². The van der Waals surface area contributed by atoms with Crippen molar-refractivity contribution in [3.05, 3.63) is 0 Å². The largest absolute Gasteiger partial charge is 0.466 e. The fourth-order valence-electron chi connectivity index (χ4n) is 3.22. The number of rotatable bonds is 18. The molecular formula is C25H48O4. The molecular weight excluding hydrogens is 364 g/mol. The van der Waals surface area contributed by atoms with E-state index >= 15 is 0 Å². The van der Waals surface area contributed by atoms with Crippen molar-refractivity contribution in [1.82, 2.24) is 0 Å². The van der Waals surface area contributed by atoms with Crippen molar-refractivity contribution < 1.29 is 19.1 Å². The van der Waals surface area contributed by atoms with Crippen LogP contribution >= 0.6 is 0 Å². The van der Waals surface area contributed by atoms with E-state index in [0.29, 0.717) is 37.4 Å². The Kier molecular flexibility index (Phi) is 17.1. The molecule has 0 radical (unpaired) electrons. The molecule has 0 fully saturated rings. The topological polar surface area (TPSA) is 52.6 Å². The lowest BCUT2D eigenvalue weighted by Crippen LogP contribution is -2.23. The van der Waals surface area contributed by atoms with Gasteiger partial charge in [-0.15, -0.1) is 0 Å². The average molecular weight is 413 g/mol. The molecule has 0 aliphatic carbocycles. The van der Waals surface area contributed by atoms with Crippen molar-refractivity contribution in [1.29, 1.82) is 0 Å². The number of carbonyl (C=O) groups excluding carboxylic acids is 2. The predicted molar refractivity (Wildman–Crippen MR) is 121 cm³/mol. The number of hydrogen-bond acceptors (Lipinski definition) is 4. The second-order valence-corrected chi connectivity index (χ2v) is 9.62. The highest BCUT2D eigenvalue weighted by Gasteiger charge is 2.23. The second-order valence-electron chi connectivity index (χ2n) is 9.62. The van der Waals surface area contributed by atoms with Crippen LogP contribution in [0.1, 0.15) is 112 Å². The Morgan fingerprint density at radius 3 is 1.62 bits per heavy atom. The van der Waals surface area contributed by atoms with Gasteiger partial charge in [0.15, 0.2) is 0 Å². The standard InChI is InChI=1S/C25H48O4/c1-20(2)16-18-28-24(26)15-13-11-9-7-8-10-12-14-23(22(5)6)25(27)29-19-17-21(3)4/h20-23H,7-19H2,1-6H3. The van der Waals surface area contributed by atoms with E-state index in [-0.39, 0.29) is 17.9 Å². The Morgan fingerprint density at radius 1 is 0.621 bits per heavy atom. The van der Waals surface area contributed by atoms with Crippen molar-refractivity contribution >= 4 is 11.9 Å². The minimum Gasteiger partial charge on any atom is -0.466 e. The maximum Gasteiger partial charge on any atom is 0.309 e. The summed E-state index contributed by atoms with van der Waals surface area (Å²) in [5, 5.41) is 0. The number of unbranched alkanes of at least 4 members (excludes halogenated alkanes) is 6. The Balaban J connectivity index is 3.68. The number of esters is 2. The van der Waals surface area contributed by atoms with E-state index in [1.807, 2.05) is 0 Å². The van der Waals surface area contributed by atoms with Crippen molar-refractivity contribution in [3.63, 3.8) is 0 Å². The second kappa shape index (κ2) is 17.8. The first kappa shape index (κ1) is 27.9. The van der Waals surface area contributed by atoms with Crippen LogP contribution < -0.4 is 0 Å². The number of carbonyl (C=O) groups is 2. The lowest BCUT2D eigenvalue weighted by Gasteiger charge is -2.19. The van der Waals surface area contributed by atoms with Crippen LogP contribution in [0.4, 0.5) is 0 Å². The minimum atomic E-state index is -0.0503. The maximum absolute atomic E-state index is 12.3. The Bertz CT molecular complexity index is 415. The predicted octanol–water partition coefficient (Wildman–Crippen LogP) is 6.95. The summed E-state index contributed by atoms with van der Waals surface area (Å²) in [6.07, 6.45) is 11.2. The molecule has 0 aromatic rings. The fourth-order valence-corrected chi connectivity index (χ4v) is 3.22. The molecule has 0 saturated carbocycles. The lowest BCUT2D eigenvalue weighted by molar-refractivity contribution is -0.150. The molecule has 29 heavy (non-hydrogen) atoms. The third-order valence-electron chi connectivity index (χ3n) is 5.40. The summed E-state index contributed by atoms with van der Waals surface area (Å²) in [6, 6.07) is 0. The molecule has 0 N–H and O–H groups in total. The SMILES string of the molecule is CC(C)CCOC(=O)CCCCCCCCCC(C(=O)OCCC(C)C)C(C)C. The third-order valence-corrected chi connectivity index (χ3v) is 5.40. The van der Waals surface area contributed by atoms with Crippen LogP contribution in [0.2, 0.25) is 0 Å². The first-order valence-electron chi connectivity index (χ1n) is 12.1. The van der Waals surface area contributed by atoms with E-state index in [9.17, 15) is 9.59 Å². The third kappa shape index (κ3) is 17.5. The first-order valence-corrected chi connectivity index (χ1v) is 12.1. The zero-order valence-corrected chi connectivity index (χ0v) is 20.1. The van der Waals surface area contributed by atoms with Crippen LogP contribution in [0.25, 0.3) is 0 Å². The summed E-state index contributed by atoms with van der Waals surface area (Å²) in [6.45, 7) is 13.9. The highest BCUT2D eigenvalue weighted by Crippen LogP contribution is 2.21. The van der Waals surface area contributed by atoms with Crippen LogP contribution in [-0.2, 0) is 19.1 Å². The van der Waals surface area contributed by atoms with Gasteiger partial charge < -0.3 is 9.47 Å². The summed E-state index contributed by atoms with van der Waals surface area (Å²) in [5.41, 5.74) is 0. The van der Waals surface area contributed by atoms with Crippen LogP contribution in [0.15, 0.2) is 0 Å². The summed E-state index contributed by atoms with van der Waals surface area (Å²) in [4.78, 5) is 23.9. The Labute approximate surface area is 180 Å². The molecule has 172 valence electrons.